The molecule has 1 saturated heterocycles. The van der Waals surface area contributed by atoms with E-state index in [4.69, 9.17) is 9.84 Å². The molecule has 16 heavy (non-hydrogen) atoms. The lowest BCUT2D eigenvalue weighted by Crippen LogP contribution is -2.49. The van der Waals surface area contributed by atoms with Crippen LogP contribution in [0.25, 0.3) is 0 Å². The minimum absolute atomic E-state index is 0.152. The van der Waals surface area contributed by atoms with Gasteiger partial charge in [-0.05, 0) is 19.3 Å². The lowest BCUT2D eigenvalue weighted by atomic mass is 9.93. The Morgan fingerprint density at radius 3 is 2.75 bits per heavy atom. The molecule has 1 aliphatic carbocycles. The van der Waals surface area contributed by atoms with Gasteiger partial charge in [0.1, 0.15) is 0 Å². The Balaban J connectivity index is 1.91. The predicted molar refractivity (Wildman–Crippen MR) is 60.1 cm³/mol. The molecular weight excluding hydrogens is 206 g/mol. The van der Waals surface area contributed by atoms with E-state index in [-0.39, 0.29) is 12.7 Å². The summed E-state index contributed by atoms with van der Waals surface area (Å²) in [6.45, 7) is 1.42. The van der Waals surface area contributed by atoms with Crippen molar-refractivity contribution in [2.24, 2.45) is 5.92 Å². The van der Waals surface area contributed by atoms with Crippen LogP contribution in [0, 0.1) is 5.92 Å². The molecule has 1 heterocycles. The maximum absolute atomic E-state index is 11.7. The quantitative estimate of drug-likeness (QED) is 0.799. The number of amides is 1. The van der Waals surface area contributed by atoms with Crippen LogP contribution in [0.3, 0.4) is 0 Å². The van der Waals surface area contributed by atoms with Gasteiger partial charge in [-0.2, -0.15) is 0 Å². The van der Waals surface area contributed by atoms with Crippen LogP contribution in [0.2, 0.25) is 0 Å². The Hall–Kier alpha value is -0.770. The van der Waals surface area contributed by atoms with Crippen LogP contribution in [-0.2, 0) is 4.74 Å². The van der Waals surface area contributed by atoms with Gasteiger partial charge in [0, 0.05) is 25.1 Å². The van der Waals surface area contributed by atoms with E-state index < -0.39 is 0 Å². The summed E-state index contributed by atoms with van der Waals surface area (Å²) in [6, 6.07) is 0.378. The second kappa shape index (κ2) is 5.53. The lowest BCUT2D eigenvalue weighted by molar-refractivity contribution is 0.0131. The van der Waals surface area contributed by atoms with E-state index in [2.05, 4.69) is 0 Å². The fourth-order valence-electron chi connectivity index (χ4n) is 2.73. The zero-order chi connectivity index (χ0) is 11.4. The number of aliphatic hydroxyl groups excluding tert-OH is 1. The van der Waals surface area contributed by atoms with Crippen LogP contribution < -0.4 is 0 Å². The van der Waals surface area contributed by atoms with Gasteiger partial charge in [0.15, 0.2) is 0 Å². The van der Waals surface area contributed by atoms with Crippen LogP contribution in [0.1, 0.15) is 38.5 Å². The first-order valence-electron chi connectivity index (χ1n) is 6.35. The van der Waals surface area contributed by atoms with E-state index in [0.717, 1.165) is 25.8 Å². The molecule has 1 amide bonds. The van der Waals surface area contributed by atoms with Gasteiger partial charge in [-0.25, -0.2) is 4.79 Å². The Labute approximate surface area is 96.6 Å². The molecule has 2 rings (SSSR count). The van der Waals surface area contributed by atoms with E-state index in [1.54, 1.807) is 0 Å². The van der Waals surface area contributed by atoms with Crippen molar-refractivity contribution in [3.05, 3.63) is 0 Å². The highest BCUT2D eigenvalue weighted by atomic mass is 16.6. The molecule has 2 aliphatic rings. The van der Waals surface area contributed by atoms with Crippen molar-refractivity contribution < 1.29 is 14.6 Å². The van der Waals surface area contributed by atoms with Crippen LogP contribution in [0.5, 0.6) is 0 Å². The largest absolute Gasteiger partial charge is 0.449 e. The molecule has 1 N–H and O–H groups in total. The monoisotopic (exact) mass is 227 g/mol. The van der Waals surface area contributed by atoms with Gasteiger partial charge >= 0.3 is 6.09 Å². The molecule has 4 nitrogen and oxygen atoms in total. The molecule has 1 atom stereocenters. The summed E-state index contributed by atoms with van der Waals surface area (Å²) in [5.74, 6) is 0.310. The van der Waals surface area contributed by atoms with Crippen LogP contribution in [0.4, 0.5) is 4.79 Å². The maximum Gasteiger partial charge on any atom is 0.410 e. The summed E-state index contributed by atoms with van der Waals surface area (Å²) in [5.41, 5.74) is 0. The molecule has 0 radical (unpaired) electrons. The minimum atomic E-state index is -0.152. The Morgan fingerprint density at radius 2 is 2.06 bits per heavy atom. The molecule has 4 heteroatoms. The van der Waals surface area contributed by atoms with Crippen molar-refractivity contribution in [3.63, 3.8) is 0 Å². The maximum atomic E-state index is 11.7. The van der Waals surface area contributed by atoms with E-state index >= 15 is 0 Å². The summed E-state index contributed by atoms with van der Waals surface area (Å²) in [5, 5.41) is 8.92. The SMILES string of the molecule is O=C1OCC(CCO)CN1C1CCCCC1. The van der Waals surface area contributed by atoms with E-state index in [1.807, 2.05) is 4.90 Å². The molecule has 0 bridgehead atoms. The Morgan fingerprint density at radius 1 is 1.31 bits per heavy atom. The zero-order valence-electron chi connectivity index (χ0n) is 9.73. The van der Waals surface area contributed by atoms with E-state index in [9.17, 15) is 4.79 Å². The Bertz CT molecular complexity index is 238. The molecule has 1 unspecified atom stereocenters. The molecule has 0 aromatic rings. The van der Waals surface area contributed by atoms with Gasteiger partial charge < -0.3 is 14.7 Å². The van der Waals surface area contributed by atoms with Crippen molar-refractivity contribution in [2.45, 2.75) is 44.6 Å². The molecule has 1 aliphatic heterocycles. The number of hydrogen-bond acceptors (Lipinski definition) is 3. The highest BCUT2D eigenvalue weighted by molar-refractivity contribution is 5.68. The van der Waals surface area contributed by atoms with E-state index in [1.165, 1.54) is 19.3 Å². The first kappa shape index (κ1) is 11.7. The average Bonchev–Trinajstić information content (AvgIpc) is 2.33. The minimum Gasteiger partial charge on any atom is -0.449 e. The van der Waals surface area contributed by atoms with Gasteiger partial charge in [0.05, 0.1) is 6.61 Å². The van der Waals surface area contributed by atoms with Crippen LogP contribution in [-0.4, -0.2) is 41.9 Å². The first-order chi connectivity index (χ1) is 7.81. The second-order valence-electron chi connectivity index (χ2n) is 4.90. The average molecular weight is 227 g/mol. The smallest absolute Gasteiger partial charge is 0.410 e. The van der Waals surface area contributed by atoms with Crippen molar-refractivity contribution in [1.29, 1.82) is 0 Å². The number of carbonyl (C=O) groups excluding carboxylic acids is 1. The normalized spacial score (nSPS) is 27.9. The van der Waals surface area contributed by atoms with E-state index in [0.29, 0.717) is 18.6 Å². The molecule has 2 fully saturated rings. The van der Waals surface area contributed by atoms with Crippen LogP contribution in [0.15, 0.2) is 0 Å². The molecular formula is C12H21NO3. The third-order valence-electron chi connectivity index (χ3n) is 3.68. The number of rotatable bonds is 3. The Kier molecular flexibility index (Phi) is 4.04. The van der Waals surface area contributed by atoms with Gasteiger partial charge in [-0.3, -0.25) is 0 Å². The fourth-order valence-corrected chi connectivity index (χ4v) is 2.73. The van der Waals surface area contributed by atoms with Gasteiger partial charge in [-0.15, -0.1) is 0 Å². The first-order valence-corrected chi connectivity index (χ1v) is 6.35. The summed E-state index contributed by atoms with van der Waals surface area (Å²) >= 11 is 0. The third kappa shape index (κ3) is 2.67. The highest BCUT2D eigenvalue weighted by Gasteiger charge is 2.32. The second-order valence-corrected chi connectivity index (χ2v) is 4.90. The fraction of sp³-hybridized carbons (Fsp3) is 0.917. The molecule has 0 aromatic heterocycles. The lowest BCUT2D eigenvalue weighted by Gasteiger charge is -2.39. The molecule has 0 aromatic carbocycles. The standard InChI is InChI=1S/C12H21NO3/c14-7-6-10-8-13(12(15)16-9-10)11-4-2-1-3-5-11/h10-11,14H,1-9H2. The van der Waals surface area contributed by atoms with Crippen LogP contribution >= 0.6 is 0 Å². The van der Waals surface area contributed by atoms with Gasteiger partial charge in [-0.1, -0.05) is 19.3 Å². The predicted octanol–water partition coefficient (Wildman–Crippen LogP) is 1.77. The van der Waals surface area contributed by atoms with Crippen molar-refractivity contribution in [2.75, 3.05) is 19.8 Å². The molecule has 1 saturated carbocycles. The number of ether oxygens (including phenoxy) is 1. The third-order valence-corrected chi connectivity index (χ3v) is 3.68. The van der Waals surface area contributed by atoms with Gasteiger partial charge in [0.2, 0.25) is 0 Å². The zero-order valence-corrected chi connectivity index (χ0v) is 9.73. The summed E-state index contributed by atoms with van der Waals surface area (Å²) in [4.78, 5) is 13.6. The van der Waals surface area contributed by atoms with Crippen molar-refractivity contribution >= 4 is 6.09 Å². The number of aliphatic hydroxyl groups is 1. The van der Waals surface area contributed by atoms with Gasteiger partial charge in [0.25, 0.3) is 0 Å². The summed E-state index contributed by atoms with van der Waals surface area (Å²) < 4.78 is 5.18. The van der Waals surface area contributed by atoms with Crippen molar-refractivity contribution in [1.82, 2.24) is 4.90 Å². The van der Waals surface area contributed by atoms with Crippen molar-refractivity contribution in [3.8, 4) is 0 Å². The number of nitrogens with zero attached hydrogens (tertiary/aromatic N) is 1. The topological polar surface area (TPSA) is 49.8 Å². The highest BCUT2D eigenvalue weighted by Crippen LogP contribution is 2.26. The molecule has 92 valence electrons. The number of hydrogen-bond donors (Lipinski definition) is 1. The number of cyclic esters (lactones) is 1. The summed E-state index contributed by atoms with van der Waals surface area (Å²) in [7, 11) is 0. The number of carbonyl (C=O) groups is 1. The molecule has 0 spiro atoms. The summed E-state index contributed by atoms with van der Waals surface area (Å²) in [6.07, 6.45) is 6.54.